The third-order valence-electron chi connectivity index (χ3n) is 10.8. The van der Waals surface area contributed by atoms with Crippen molar-refractivity contribution in [3.63, 3.8) is 0 Å². The lowest BCUT2D eigenvalue weighted by atomic mass is 10.0. The van der Waals surface area contributed by atoms with Gasteiger partial charge in [-0.3, -0.25) is 9.05 Å². The third kappa shape index (κ3) is 40.8. The molecule has 0 heterocycles. The van der Waals surface area contributed by atoms with Gasteiger partial charge in [0.05, 0.1) is 27.2 Å². The highest BCUT2D eigenvalue weighted by atomic mass is 31.2. The number of unbranched alkanes of at least 4 members (excludes halogenated alkanes) is 34. The molecule has 0 saturated heterocycles. The van der Waals surface area contributed by atoms with Crippen LogP contribution in [0.3, 0.4) is 0 Å². The van der Waals surface area contributed by atoms with Gasteiger partial charge in [-0.25, -0.2) is 4.57 Å². The largest absolute Gasteiger partial charge is 0.472 e. The van der Waals surface area contributed by atoms with Crippen LogP contribution in [0.4, 0.5) is 0 Å². The number of rotatable bonds is 43. The summed E-state index contributed by atoms with van der Waals surface area (Å²) in [4.78, 5) is 10.1. The highest BCUT2D eigenvalue weighted by Gasteiger charge is 2.23. The third-order valence-corrected chi connectivity index (χ3v) is 11.8. The predicted octanol–water partition coefficient (Wildman–Crippen LogP) is 15.3. The summed E-state index contributed by atoms with van der Waals surface area (Å²) in [5.74, 6) is 0. The average Bonchev–Trinajstić information content (AvgIpc) is 3.08. The zero-order valence-electron chi connectivity index (χ0n) is 34.9. The number of phosphoric acid groups is 1. The zero-order chi connectivity index (χ0) is 36.7. The first-order valence-corrected chi connectivity index (χ1v) is 24.3. The van der Waals surface area contributed by atoms with E-state index >= 15 is 0 Å². The molecule has 50 heavy (non-hydrogen) atoms. The van der Waals surface area contributed by atoms with Gasteiger partial charge in [0.25, 0.3) is 0 Å². The SMILES string of the molecule is CCCCCCCCCCCCCCCCCCCCCC[N+](C)(C)CCOP(=O)(O)OCCCCCCCCCCCCCCCCCC. The maximum Gasteiger partial charge on any atom is 0.472 e. The lowest BCUT2D eigenvalue weighted by Crippen LogP contribution is -2.42. The molecule has 302 valence electrons. The minimum absolute atomic E-state index is 0.263. The fourth-order valence-electron chi connectivity index (χ4n) is 7.18. The fraction of sp³-hybridized carbons (Fsp3) is 1.00. The first kappa shape index (κ1) is 50.1. The zero-order valence-corrected chi connectivity index (χ0v) is 35.7. The number of phosphoric ester groups is 1. The van der Waals surface area contributed by atoms with E-state index in [1.165, 1.54) is 218 Å². The van der Waals surface area contributed by atoms with Crippen molar-refractivity contribution in [2.75, 3.05) is 40.4 Å². The molecular weight excluding hydrogens is 637 g/mol. The lowest BCUT2D eigenvalue weighted by molar-refractivity contribution is -0.890. The van der Waals surface area contributed by atoms with Crippen LogP contribution >= 0.6 is 7.82 Å². The number of hydrogen-bond donors (Lipinski definition) is 1. The quantitative estimate of drug-likeness (QED) is 0.0385. The molecule has 0 aliphatic rings. The monoisotopic (exact) mass is 731 g/mol. The maximum atomic E-state index is 12.3. The van der Waals surface area contributed by atoms with E-state index in [0.29, 0.717) is 6.61 Å². The molecule has 0 fully saturated rings. The second-order valence-corrected chi connectivity index (χ2v) is 18.0. The summed E-state index contributed by atoms with van der Waals surface area (Å²) in [6.45, 7) is 6.96. The molecule has 0 aromatic carbocycles. The van der Waals surface area contributed by atoms with Crippen molar-refractivity contribution in [1.82, 2.24) is 0 Å². The molecule has 6 heteroatoms. The predicted molar refractivity (Wildman–Crippen MR) is 221 cm³/mol. The normalized spacial score (nSPS) is 13.3. The summed E-state index contributed by atoms with van der Waals surface area (Å²) < 4.78 is 23.7. The molecule has 0 aliphatic heterocycles. The van der Waals surface area contributed by atoms with Crippen LogP contribution in [0.15, 0.2) is 0 Å². The molecule has 0 radical (unpaired) electrons. The summed E-state index contributed by atoms with van der Waals surface area (Å²) in [7, 11) is 0.440. The molecule has 0 saturated carbocycles. The van der Waals surface area contributed by atoms with E-state index in [1.54, 1.807) is 0 Å². The van der Waals surface area contributed by atoms with Gasteiger partial charge in [-0.15, -0.1) is 0 Å². The van der Waals surface area contributed by atoms with Gasteiger partial charge < -0.3 is 9.38 Å². The van der Waals surface area contributed by atoms with Crippen LogP contribution in [-0.4, -0.2) is 49.8 Å². The number of nitrogens with zero attached hydrogens (tertiary/aromatic N) is 1. The van der Waals surface area contributed by atoms with Crippen LogP contribution in [0.25, 0.3) is 0 Å². The van der Waals surface area contributed by atoms with Gasteiger partial charge in [0, 0.05) is 0 Å². The van der Waals surface area contributed by atoms with Gasteiger partial charge >= 0.3 is 7.82 Å². The van der Waals surface area contributed by atoms with Crippen molar-refractivity contribution in [2.24, 2.45) is 0 Å². The minimum Gasteiger partial charge on any atom is -0.327 e. The number of hydrogen-bond acceptors (Lipinski definition) is 3. The molecule has 0 spiro atoms. The van der Waals surface area contributed by atoms with Crippen LogP contribution in [0.5, 0.6) is 0 Å². The Hall–Kier alpha value is 0.0700. The summed E-state index contributed by atoms with van der Waals surface area (Å²) in [5, 5.41) is 0. The van der Waals surface area contributed by atoms with Crippen molar-refractivity contribution < 1.29 is 23.0 Å². The second kappa shape index (κ2) is 38.8. The van der Waals surface area contributed by atoms with Crippen LogP contribution in [-0.2, 0) is 13.6 Å². The maximum absolute atomic E-state index is 12.3. The Morgan fingerprint density at radius 1 is 0.360 bits per heavy atom. The highest BCUT2D eigenvalue weighted by Crippen LogP contribution is 2.43. The lowest BCUT2D eigenvalue weighted by Gasteiger charge is -2.29. The Balaban J connectivity index is 3.46. The van der Waals surface area contributed by atoms with E-state index in [1.807, 2.05) is 0 Å². The van der Waals surface area contributed by atoms with E-state index in [9.17, 15) is 9.46 Å². The van der Waals surface area contributed by atoms with Gasteiger partial charge in [0.2, 0.25) is 0 Å². The molecular formula is C44H93NO4P+. The molecule has 1 atom stereocenters. The van der Waals surface area contributed by atoms with Gasteiger partial charge in [-0.05, 0) is 19.3 Å². The highest BCUT2D eigenvalue weighted by molar-refractivity contribution is 7.47. The van der Waals surface area contributed by atoms with Crippen molar-refractivity contribution in [1.29, 1.82) is 0 Å². The summed E-state index contributed by atoms with van der Waals surface area (Å²) in [5.41, 5.74) is 0. The topological polar surface area (TPSA) is 55.8 Å². The molecule has 0 aliphatic carbocycles. The van der Waals surface area contributed by atoms with Crippen molar-refractivity contribution in [3.8, 4) is 0 Å². The Labute approximate surface area is 315 Å². The molecule has 0 amide bonds. The molecule has 0 aromatic rings. The Kier molecular flexibility index (Phi) is 38.8. The Morgan fingerprint density at radius 2 is 0.600 bits per heavy atom. The number of likely N-dealkylation sites (N-methyl/N-ethyl adjacent to an activating group) is 1. The smallest absolute Gasteiger partial charge is 0.327 e. The van der Waals surface area contributed by atoms with Crippen LogP contribution in [0, 0.1) is 0 Å². The summed E-state index contributed by atoms with van der Waals surface area (Å²) >= 11 is 0. The van der Waals surface area contributed by atoms with Crippen LogP contribution < -0.4 is 0 Å². The van der Waals surface area contributed by atoms with E-state index in [0.717, 1.165) is 30.4 Å². The first-order chi connectivity index (χ1) is 24.3. The Morgan fingerprint density at radius 3 is 0.900 bits per heavy atom. The molecule has 1 N–H and O–H groups in total. The minimum atomic E-state index is -3.95. The molecule has 5 nitrogen and oxygen atoms in total. The first-order valence-electron chi connectivity index (χ1n) is 22.8. The fourth-order valence-corrected chi connectivity index (χ4v) is 7.92. The van der Waals surface area contributed by atoms with Crippen molar-refractivity contribution >= 4 is 7.82 Å². The van der Waals surface area contributed by atoms with Gasteiger partial charge in [0.15, 0.2) is 0 Å². The summed E-state index contributed by atoms with van der Waals surface area (Å²) in [6.07, 6.45) is 49.1. The molecule has 0 aromatic heterocycles. The van der Waals surface area contributed by atoms with Gasteiger partial charge in [0.1, 0.15) is 13.2 Å². The van der Waals surface area contributed by atoms with Crippen molar-refractivity contribution in [3.05, 3.63) is 0 Å². The van der Waals surface area contributed by atoms with Crippen LogP contribution in [0.1, 0.15) is 245 Å². The van der Waals surface area contributed by atoms with Crippen LogP contribution in [0.2, 0.25) is 0 Å². The molecule has 0 bridgehead atoms. The summed E-state index contributed by atoms with van der Waals surface area (Å²) in [6, 6.07) is 0. The van der Waals surface area contributed by atoms with E-state index in [2.05, 4.69) is 27.9 Å². The van der Waals surface area contributed by atoms with Crippen molar-refractivity contribution in [2.45, 2.75) is 245 Å². The Bertz CT molecular complexity index is 704. The second-order valence-electron chi connectivity index (χ2n) is 16.5. The van der Waals surface area contributed by atoms with E-state index in [4.69, 9.17) is 9.05 Å². The van der Waals surface area contributed by atoms with Gasteiger partial charge in [-0.2, -0.15) is 0 Å². The standard InChI is InChI=1S/C44H92NO4P/c1-5-7-9-11-13-15-17-19-21-23-24-25-26-27-29-31-33-35-37-39-41-45(3,4)42-44-49-50(46,47)48-43-40-38-36-34-32-30-28-22-20-18-16-14-12-10-8-6-2/h5-44H2,1-4H3/p+1. The van der Waals surface area contributed by atoms with Gasteiger partial charge in [-0.1, -0.05) is 226 Å². The van der Waals surface area contributed by atoms with E-state index < -0.39 is 7.82 Å². The molecule has 0 rings (SSSR count). The number of quaternary nitrogens is 1. The molecule has 1 unspecified atom stereocenters. The van der Waals surface area contributed by atoms with E-state index in [-0.39, 0.29) is 6.61 Å². The average molecular weight is 731 g/mol.